The fourth-order valence-electron chi connectivity index (χ4n) is 4.81. The molecule has 1 unspecified atom stereocenters. The lowest BCUT2D eigenvalue weighted by Crippen LogP contribution is -2.55. The van der Waals surface area contributed by atoms with E-state index in [-0.39, 0.29) is 25.0 Å². The fraction of sp³-hybridized carbons (Fsp3) is 0.444. The Morgan fingerprint density at radius 1 is 1.22 bits per heavy atom. The highest BCUT2D eigenvalue weighted by Crippen LogP contribution is 2.45. The number of nitriles is 1. The number of aliphatic hydroxyl groups is 4. The van der Waals surface area contributed by atoms with E-state index in [0.29, 0.717) is 41.1 Å². The molecule has 2 fully saturated rings. The van der Waals surface area contributed by atoms with Crippen LogP contribution in [-0.4, -0.2) is 50.6 Å². The molecule has 0 amide bonds. The van der Waals surface area contributed by atoms with Crippen molar-refractivity contribution in [2.75, 3.05) is 25.0 Å². The Kier molecular flexibility index (Phi) is 7.67. The largest absolute Gasteiger partial charge is 0.397 e. The molecule has 2 aromatic carbocycles. The molecule has 7 N–H and O–H groups in total. The number of thiol groups is 1. The van der Waals surface area contributed by atoms with E-state index in [0.717, 1.165) is 29.7 Å². The third-order valence-electron chi connectivity index (χ3n) is 7.34. The van der Waals surface area contributed by atoms with Gasteiger partial charge in [0.1, 0.15) is 6.07 Å². The SMILES string of the molecule is C[C@@](O)(CO)C1CCCN(C(O)(O)c2ccc(/C(N)=C/Nc3ccc(C#N)c(S)c3)cc2C2CC2)C1. The monoisotopic (exact) mass is 510 g/mol. The standard InChI is InChI=1S/C27H34N4O4S/c1-26(33,16-32)20-3-2-10-31(15-20)27(34,35)23-9-7-18(11-22(23)17-4-5-17)24(29)14-30-21-8-6-19(13-28)25(36)12-21/h6-9,11-12,14,17,20,30,32-36H,2-5,10,15-16,29H2,1H3/b24-14-/t20?,26-/m1/s1. The van der Waals surface area contributed by atoms with Crippen molar-refractivity contribution in [1.82, 2.24) is 4.90 Å². The van der Waals surface area contributed by atoms with Crippen LogP contribution in [0.25, 0.3) is 5.70 Å². The third-order valence-corrected chi connectivity index (χ3v) is 7.71. The van der Waals surface area contributed by atoms with Crippen molar-refractivity contribution in [2.45, 2.75) is 54.9 Å². The topological polar surface area (TPSA) is 146 Å². The molecule has 36 heavy (non-hydrogen) atoms. The first-order valence-corrected chi connectivity index (χ1v) is 12.6. The summed E-state index contributed by atoms with van der Waals surface area (Å²) in [6.45, 7) is 1.94. The van der Waals surface area contributed by atoms with Crippen molar-refractivity contribution < 1.29 is 20.4 Å². The van der Waals surface area contributed by atoms with Crippen molar-refractivity contribution in [1.29, 1.82) is 5.26 Å². The molecule has 1 aliphatic carbocycles. The normalized spacial score (nSPS) is 21.0. The molecule has 1 aliphatic heterocycles. The van der Waals surface area contributed by atoms with E-state index >= 15 is 0 Å². The van der Waals surface area contributed by atoms with Gasteiger partial charge < -0.3 is 31.5 Å². The Hall–Kier alpha value is -2.58. The van der Waals surface area contributed by atoms with E-state index in [9.17, 15) is 20.4 Å². The van der Waals surface area contributed by atoms with E-state index in [2.05, 4.69) is 24.0 Å². The summed E-state index contributed by atoms with van der Waals surface area (Å²) >= 11 is 4.32. The van der Waals surface area contributed by atoms with Gasteiger partial charge >= 0.3 is 0 Å². The maximum absolute atomic E-state index is 11.3. The van der Waals surface area contributed by atoms with Crippen molar-refractivity contribution in [2.24, 2.45) is 11.7 Å². The van der Waals surface area contributed by atoms with E-state index in [4.69, 9.17) is 11.0 Å². The molecule has 0 spiro atoms. The van der Waals surface area contributed by atoms with Gasteiger partial charge in [-0.15, -0.1) is 12.6 Å². The number of piperidine rings is 1. The van der Waals surface area contributed by atoms with Crippen molar-refractivity contribution in [3.63, 3.8) is 0 Å². The molecule has 2 aromatic rings. The first kappa shape index (κ1) is 26.5. The minimum atomic E-state index is -2.21. The Morgan fingerprint density at radius 3 is 2.61 bits per heavy atom. The van der Waals surface area contributed by atoms with Gasteiger partial charge in [0.15, 0.2) is 0 Å². The Labute approximate surface area is 217 Å². The minimum Gasteiger partial charge on any atom is -0.397 e. The maximum Gasteiger partial charge on any atom is 0.253 e. The number of benzene rings is 2. The average molecular weight is 511 g/mol. The molecule has 1 heterocycles. The third kappa shape index (κ3) is 5.54. The van der Waals surface area contributed by atoms with E-state index < -0.39 is 11.5 Å². The van der Waals surface area contributed by atoms with Gasteiger partial charge in [0.25, 0.3) is 5.91 Å². The van der Waals surface area contributed by atoms with Gasteiger partial charge in [-0.3, -0.25) is 0 Å². The molecule has 4 rings (SSSR count). The quantitative estimate of drug-likeness (QED) is 0.212. The summed E-state index contributed by atoms with van der Waals surface area (Å²) in [4.78, 5) is 2.14. The molecular weight excluding hydrogens is 476 g/mol. The minimum absolute atomic E-state index is 0.228. The lowest BCUT2D eigenvalue weighted by atomic mass is 9.82. The molecule has 1 saturated heterocycles. The summed E-state index contributed by atoms with van der Waals surface area (Å²) in [5, 5.41) is 55.0. The van der Waals surface area contributed by atoms with Gasteiger partial charge in [-0.1, -0.05) is 12.1 Å². The predicted molar refractivity (Wildman–Crippen MR) is 141 cm³/mol. The van der Waals surface area contributed by atoms with Crippen molar-refractivity contribution >= 4 is 24.0 Å². The zero-order valence-corrected chi connectivity index (χ0v) is 21.2. The molecule has 0 bridgehead atoms. The number of nitrogens with zero attached hydrogens (tertiary/aromatic N) is 2. The second-order valence-corrected chi connectivity index (χ2v) is 10.6. The smallest absolute Gasteiger partial charge is 0.253 e. The van der Waals surface area contributed by atoms with Crippen LogP contribution in [0.4, 0.5) is 5.69 Å². The predicted octanol–water partition coefficient (Wildman–Crippen LogP) is 2.64. The van der Waals surface area contributed by atoms with Gasteiger partial charge in [0.05, 0.1) is 23.5 Å². The Bertz CT molecular complexity index is 1190. The van der Waals surface area contributed by atoms with Gasteiger partial charge in [0, 0.05) is 41.4 Å². The lowest BCUT2D eigenvalue weighted by Gasteiger charge is -2.45. The number of hydrogen-bond donors (Lipinski definition) is 7. The second kappa shape index (κ2) is 10.4. The molecular formula is C27H34N4O4S. The van der Waals surface area contributed by atoms with Crippen LogP contribution in [0.2, 0.25) is 0 Å². The Balaban J connectivity index is 1.57. The average Bonchev–Trinajstić information content (AvgIpc) is 3.72. The van der Waals surface area contributed by atoms with Crippen LogP contribution in [-0.2, 0) is 5.91 Å². The van der Waals surface area contributed by atoms with Crippen LogP contribution < -0.4 is 11.1 Å². The van der Waals surface area contributed by atoms with Gasteiger partial charge in [-0.05, 0) is 73.9 Å². The van der Waals surface area contributed by atoms with Crippen molar-refractivity contribution in [3.8, 4) is 6.07 Å². The van der Waals surface area contributed by atoms with Crippen LogP contribution in [0.1, 0.15) is 60.8 Å². The molecule has 1 saturated carbocycles. The summed E-state index contributed by atoms with van der Waals surface area (Å²) in [6.07, 6.45) is 4.98. The van der Waals surface area contributed by atoms with Crippen LogP contribution in [0, 0.1) is 17.2 Å². The number of rotatable bonds is 8. The zero-order chi connectivity index (χ0) is 26.1. The molecule has 0 aromatic heterocycles. The van der Waals surface area contributed by atoms with Crippen LogP contribution in [0.5, 0.6) is 0 Å². The van der Waals surface area contributed by atoms with Crippen LogP contribution in [0.3, 0.4) is 0 Å². The molecule has 9 heteroatoms. The maximum atomic E-state index is 11.3. The summed E-state index contributed by atoms with van der Waals surface area (Å²) in [5.41, 5.74) is 8.79. The van der Waals surface area contributed by atoms with E-state index in [1.54, 1.807) is 48.4 Å². The van der Waals surface area contributed by atoms with Gasteiger partial charge in [-0.25, -0.2) is 4.90 Å². The highest BCUT2D eigenvalue weighted by molar-refractivity contribution is 7.80. The molecule has 8 nitrogen and oxygen atoms in total. The summed E-state index contributed by atoms with van der Waals surface area (Å²) in [7, 11) is 0. The number of likely N-dealkylation sites (tertiary alicyclic amines) is 1. The first-order valence-electron chi connectivity index (χ1n) is 12.2. The number of nitrogens with two attached hydrogens (primary N) is 1. The number of anilines is 1. The van der Waals surface area contributed by atoms with Crippen LogP contribution >= 0.6 is 12.6 Å². The molecule has 2 atom stereocenters. The van der Waals surface area contributed by atoms with Crippen LogP contribution in [0.15, 0.2) is 47.5 Å². The first-order chi connectivity index (χ1) is 17.1. The molecule has 192 valence electrons. The molecule has 0 radical (unpaired) electrons. The number of aliphatic hydroxyl groups excluding tert-OH is 1. The van der Waals surface area contributed by atoms with Gasteiger partial charge in [-0.2, -0.15) is 5.26 Å². The molecule has 2 aliphatic rings. The second-order valence-electron chi connectivity index (χ2n) is 10.1. The van der Waals surface area contributed by atoms with E-state index in [1.807, 2.05) is 6.07 Å². The highest BCUT2D eigenvalue weighted by atomic mass is 32.1. The summed E-state index contributed by atoms with van der Waals surface area (Å²) < 4.78 is 0. The summed E-state index contributed by atoms with van der Waals surface area (Å²) in [5.74, 6) is -2.25. The zero-order valence-electron chi connectivity index (χ0n) is 20.4. The number of nitrogens with one attached hydrogen (secondary N) is 1. The number of hydrogen-bond acceptors (Lipinski definition) is 9. The van der Waals surface area contributed by atoms with Crippen molar-refractivity contribution in [3.05, 3.63) is 64.9 Å². The van der Waals surface area contributed by atoms with E-state index in [1.165, 1.54) is 0 Å². The van der Waals surface area contributed by atoms with Gasteiger partial charge in [0.2, 0.25) is 0 Å². The Morgan fingerprint density at radius 2 is 1.97 bits per heavy atom. The summed E-state index contributed by atoms with van der Waals surface area (Å²) in [6, 6.07) is 12.7. The lowest BCUT2D eigenvalue weighted by molar-refractivity contribution is -0.287. The highest BCUT2D eigenvalue weighted by Gasteiger charge is 2.44. The fourth-order valence-corrected chi connectivity index (χ4v) is 5.07.